The van der Waals surface area contributed by atoms with E-state index in [0.29, 0.717) is 18.6 Å². The zero-order chi connectivity index (χ0) is 10.1. The van der Waals surface area contributed by atoms with Gasteiger partial charge in [-0.3, -0.25) is 4.79 Å². The fraction of sp³-hybridized carbons (Fsp3) is 0.417. The summed E-state index contributed by atoms with van der Waals surface area (Å²) in [6.45, 7) is 4.98. The zero-order valence-corrected chi connectivity index (χ0v) is 8.68. The maximum Gasteiger partial charge on any atom is 0.139 e. The molecule has 2 nitrogen and oxygen atoms in total. The summed E-state index contributed by atoms with van der Waals surface area (Å²) in [5, 5.41) is 3.34. The highest BCUT2D eigenvalue weighted by molar-refractivity contribution is 5.85. The predicted molar refractivity (Wildman–Crippen MR) is 57.7 cm³/mol. The molecule has 0 spiro atoms. The Labute approximate surface area is 84.3 Å². The van der Waals surface area contributed by atoms with Crippen molar-refractivity contribution in [3.8, 4) is 0 Å². The average Bonchev–Trinajstić information content (AvgIpc) is 2.34. The lowest BCUT2D eigenvalue weighted by molar-refractivity contribution is -0.118. The Hall–Kier alpha value is -1.31. The van der Waals surface area contributed by atoms with Crippen molar-refractivity contribution in [2.45, 2.75) is 26.7 Å². The minimum absolute atomic E-state index is 0.333. The van der Waals surface area contributed by atoms with Crippen LogP contribution in [0.15, 0.2) is 12.1 Å². The summed E-state index contributed by atoms with van der Waals surface area (Å²) in [6, 6.07) is 4.16. The van der Waals surface area contributed by atoms with Crippen LogP contribution in [0.4, 0.5) is 5.69 Å². The standard InChI is InChI=1S/C12H15NO/c1-8-3-4-10-7-11(14)5-6-13-12(10)9(8)2/h3-4,13H,5-7H2,1-2H3. The number of rotatable bonds is 0. The van der Waals surface area contributed by atoms with E-state index in [2.05, 4.69) is 31.3 Å². The number of ketones is 1. The number of anilines is 1. The quantitative estimate of drug-likeness (QED) is 0.678. The Morgan fingerprint density at radius 3 is 2.86 bits per heavy atom. The second kappa shape index (κ2) is 3.45. The van der Waals surface area contributed by atoms with Crippen molar-refractivity contribution in [2.75, 3.05) is 11.9 Å². The smallest absolute Gasteiger partial charge is 0.139 e. The molecule has 0 aliphatic carbocycles. The number of fused-ring (bicyclic) bond motifs is 1. The van der Waals surface area contributed by atoms with Gasteiger partial charge in [-0.2, -0.15) is 0 Å². The van der Waals surface area contributed by atoms with E-state index in [4.69, 9.17) is 0 Å². The Morgan fingerprint density at radius 2 is 2.07 bits per heavy atom. The molecular formula is C12H15NO. The number of benzene rings is 1. The second-order valence-electron chi connectivity index (χ2n) is 3.93. The molecule has 0 amide bonds. The van der Waals surface area contributed by atoms with Crippen molar-refractivity contribution in [1.82, 2.24) is 0 Å². The van der Waals surface area contributed by atoms with Gasteiger partial charge in [-0.25, -0.2) is 0 Å². The summed E-state index contributed by atoms with van der Waals surface area (Å²) < 4.78 is 0. The molecule has 1 aliphatic heterocycles. The molecule has 1 aromatic rings. The van der Waals surface area contributed by atoms with Crippen molar-refractivity contribution in [3.05, 3.63) is 28.8 Å². The Balaban J connectivity index is 2.50. The first-order valence-corrected chi connectivity index (χ1v) is 5.03. The Morgan fingerprint density at radius 1 is 1.29 bits per heavy atom. The number of carbonyl (C=O) groups excluding carboxylic acids is 1. The van der Waals surface area contributed by atoms with Gasteiger partial charge < -0.3 is 5.32 Å². The second-order valence-corrected chi connectivity index (χ2v) is 3.93. The lowest BCUT2D eigenvalue weighted by Crippen LogP contribution is -2.04. The van der Waals surface area contributed by atoms with Gasteiger partial charge in [-0.05, 0) is 30.5 Å². The summed E-state index contributed by atoms with van der Waals surface area (Å²) in [5.41, 5.74) is 4.88. The van der Waals surface area contributed by atoms with E-state index in [0.717, 1.165) is 12.1 Å². The van der Waals surface area contributed by atoms with Gasteiger partial charge in [0.05, 0.1) is 0 Å². The summed E-state index contributed by atoms with van der Waals surface area (Å²) in [7, 11) is 0. The number of hydrogen-bond acceptors (Lipinski definition) is 2. The number of Topliss-reactive ketones (excluding diaryl/α,β-unsaturated/α-hetero) is 1. The van der Waals surface area contributed by atoms with E-state index in [1.807, 2.05) is 0 Å². The number of carbonyl (C=O) groups is 1. The van der Waals surface area contributed by atoms with Crippen molar-refractivity contribution < 1.29 is 4.79 Å². The van der Waals surface area contributed by atoms with Crippen LogP contribution in [-0.4, -0.2) is 12.3 Å². The molecule has 2 heteroatoms. The van der Waals surface area contributed by atoms with Crippen LogP contribution in [0.3, 0.4) is 0 Å². The van der Waals surface area contributed by atoms with Crippen LogP contribution >= 0.6 is 0 Å². The van der Waals surface area contributed by atoms with Crippen LogP contribution < -0.4 is 5.32 Å². The van der Waals surface area contributed by atoms with Crippen LogP contribution in [0.1, 0.15) is 23.1 Å². The summed E-state index contributed by atoms with van der Waals surface area (Å²) in [5.74, 6) is 0.333. The highest BCUT2D eigenvalue weighted by atomic mass is 16.1. The minimum atomic E-state index is 0.333. The molecule has 2 rings (SSSR count). The van der Waals surface area contributed by atoms with Gasteiger partial charge in [0.15, 0.2) is 0 Å². The van der Waals surface area contributed by atoms with Gasteiger partial charge >= 0.3 is 0 Å². The van der Waals surface area contributed by atoms with Gasteiger partial charge in [-0.15, -0.1) is 0 Å². The van der Waals surface area contributed by atoms with Gasteiger partial charge in [0, 0.05) is 25.1 Å². The zero-order valence-electron chi connectivity index (χ0n) is 8.68. The van der Waals surface area contributed by atoms with E-state index in [9.17, 15) is 4.79 Å². The van der Waals surface area contributed by atoms with Gasteiger partial charge in [0.25, 0.3) is 0 Å². The highest BCUT2D eigenvalue weighted by Gasteiger charge is 2.14. The molecule has 1 heterocycles. The van der Waals surface area contributed by atoms with E-state index in [1.165, 1.54) is 16.8 Å². The average molecular weight is 189 g/mol. The maximum absolute atomic E-state index is 11.4. The number of nitrogens with one attached hydrogen (secondary N) is 1. The number of hydrogen-bond donors (Lipinski definition) is 1. The molecule has 74 valence electrons. The molecule has 0 saturated carbocycles. The van der Waals surface area contributed by atoms with E-state index in [1.54, 1.807) is 0 Å². The van der Waals surface area contributed by atoms with Gasteiger partial charge in [0.1, 0.15) is 5.78 Å². The predicted octanol–water partition coefficient (Wildman–Crippen LogP) is 2.23. The van der Waals surface area contributed by atoms with E-state index in [-0.39, 0.29) is 0 Å². The van der Waals surface area contributed by atoms with Crippen molar-refractivity contribution in [1.29, 1.82) is 0 Å². The molecule has 0 atom stereocenters. The third-order valence-corrected chi connectivity index (χ3v) is 2.92. The molecule has 1 N–H and O–H groups in total. The molecule has 1 aromatic carbocycles. The van der Waals surface area contributed by atoms with Gasteiger partial charge in [-0.1, -0.05) is 12.1 Å². The fourth-order valence-electron chi connectivity index (χ4n) is 1.89. The lowest BCUT2D eigenvalue weighted by atomic mass is 10.00. The summed E-state index contributed by atoms with van der Waals surface area (Å²) >= 11 is 0. The molecule has 14 heavy (non-hydrogen) atoms. The monoisotopic (exact) mass is 189 g/mol. The Bertz CT molecular complexity index is 382. The van der Waals surface area contributed by atoms with Crippen molar-refractivity contribution in [3.63, 3.8) is 0 Å². The molecule has 0 saturated heterocycles. The van der Waals surface area contributed by atoms with E-state index >= 15 is 0 Å². The first kappa shape index (κ1) is 9.25. The van der Waals surface area contributed by atoms with Crippen LogP contribution in [0.25, 0.3) is 0 Å². The summed E-state index contributed by atoms with van der Waals surface area (Å²) in [4.78, 5) is 11.4. The normalized spacial score (nSPS) is 15.7. The van der Waals surface area contributed by atoms with Gasteiger partial charge in [0.2, 0.25) is 0 Å². The topological polar surface area (TPSA) is 29.1 Å². The lowest BCUT2D eigenvalue weighted by Gasteiger charge is -2.12. The Kier molecular flexibility index (Phi) is 2.28. The largest absolute Gasteiger partial charge is 0.384 e. The highest BCUT2D eigenvalue weighted by Crippen LogP contribution is 2.26. The first-order valence-electron chi connectivity index (χ1n) is 5.03. The third kappa shape index (κ3) is 1.52. The van der Waals surface area contributed by atoms with Crippen molar-refractivity contribution in [2.24, 2.45) is 0 Å². The van der Waals surface area contributed by atoms with Crippen LogP contribution in [0, 0.1) is 13.8 Å². The maximum atomic E-state index is 11.4. The first-order chi connectivity index (χ1) is 6.68. The van der Waals surface area contributed by atoms with Crippen LogP contribution in [0.2, 0.25) is 0 Å². The third-order valence-electron chi connectivity index (χ3n) is 2.92. The molecule has 0 aromatic heterocycles. The minimum Gasteiger partial charge on any atom is -0.384 e. The van der Waals surface area contributed by atoms with Crippen molar-refractivity contribution >= 4 is 11.5 Å². The van der Waals surface area contributed by atoms with Crippen LogP contribution in [-0.2, 0) is 11.2 Å². The molecule has 1 aliphatic rings. The molecule has 0 fully saturated rings. The molecular weight excluding hydrogens is 174 g/mol. The summed E-state index contributed by atoms with van der Waals surface area (Å²) in [6.07, 6.45) is 1.23. The molecule has 0 unspecified atom stereocenters. The molecule has 0 radical (unpaired) electrons. The number of aryl methyl sites for hydroxylation is 1. The fourth-order valence-corrected chi connectivity index (χ4v) is 1.89. The molecule has 0 bridgehead atoms. The van der Waals surface area contributed by atoms with Crippen LogP contribution in [0.5, 0.6) is 0 Å². The SMILES string of the molecule is Cc1ccc2c(c1C)NCCC(=O)C2. The van der Waals surface area contributed by atoms with E-state index < -0.39 is 0 Å².